The minimum Gasteiger partial charge on any atom is -0.486 e. The summed E-state index contributed by atoms with van der Waals surface area (Å²) in [6, 6.07) is 5.48. The highest BCUT2D eigenvalue weighted by molar-refractivity contribution is 5.78. The number of benzene rings is 1. The topological polar surface area (TPSA) is 79.8 Å². The molecule has 1 heterocycles. The Balaban J connectivity index is 1.83. The van der Waals surface area contributed by atoms with Crippen LogP contribution in [0.3, 0.4) is 0 Å². The largest absolute Gasteiger partial charge is 0.486 e. The second-order valence-electron chi connectivity index (χ2n) is 5.27. The number of ether oxygens (including phenoxy) is 2. The van der Waals surface area contributed by atoms with E-state index in [1.807, 2.05) is 13.8 Å². The Morgan fingerprint density at radius 2 is 2.00 bits per heavy atom. The van der Waals surface area contributed by atoms with E-state index < -0.39 is 6.10 Å². The Labute approximate surface area is 124 Å². The van der Waals surface area contributed by atoms with E-state index in [-0.39, 0.29) is 18.5 Å². The highest BCUT2D eigenvalue weighted by Crippen LogP contribution is 2.32. The minimum atomic E-state index is -0.701. The molecule has 1 aliphatic heterocycles. The second-order valence-corrected chi connectivity index (χ2v) is 5.27. The summed E-state index contributed by atoms with van der Waals surface area (Å²) >= 11 is 0. The van der Waals surface area contributed by atoms with Gasteiger partial charge in [0.25, 0.3) is 0 Å². The number of hydrogen-bond donors (Lipinski definition) is 3. The lowest BCUT2D eigenvalue weighted by Crippen LogP contribution is -2.38. The molecule has 6 heteroatoms. The molecule has 0 aliphatic carbocycles. The fraction of sp³-hybridized carbons (Fsp3) is 0.533. The summed E-state index contributed by atoms with van der Waals surface area (Å²) in [5, 5.41) is 15.8. The van der Waals surface area contributed by atoms with Crippen molar-refractivity contribution in [1.29, 1.82) is 0 Å². The molecule has 1 atom stereocenters. The Hall–Kier alpha value is -1.79. The number of aliphatic hydroxyl groups is 1. The zero-order valence-corrected chi connectivity index (χ0v) is 12.4. The molecule has 0 bridgehead atoms. The maximum absolute atomic E-state index is 11.5. The zero-order valence-electron chi connectivity index (χ0n) is 12.4. The molecular weight excluding hydrogens is 272 g/mol. The number of rotatable bonds is 6. The molecule has 0 radical (unpaired) electrons. The van der Waals surface area contributed by atoms with Gasteiger partial charge >= 0.3 is 0 Å². The lowest BCUT2D eigenvalue weighted by molar-refractivity contribution is -0.120. The molecule has 0 spiro atoms. The molecule has 0 aromatic heterocycles. The number of fused-ring (bicyclic) bond motifs is 1. The van der Waals surface area contributed by atoms with E-state index in [9.17, 15) is 9.90 Å². The van der Waals surface area contributed by atoms with Crippen LogP contribution in [0.2, 0.25) is 0 Å². The maximum atomic E-state index is 11.5. The monoisotopic (exact) mass is 294 g/mol. The Morgan fingerprint density at radius 3 is 2.71 bits per heavy atom. The number of nitrogens with one attached hydrogen (secondary N) is 2. The van der Waals surface area contributed by atoms with Gasteiger partial charge in [-0.05, 0) is 31.5 Å². The number of amides is 1. The normalized spacial score (nSPS) is 14.9. The van der Waals surface area contributed by atoms with E-state index in [1.165, 1.54) is 0 Å². The first-order valence-corrected chi connectivity index (χ1v) is 7.14. The van der Waals surface area contributed by atoms with E-state index in [0.29, 0.717) is 31.3 Å². The van der Waals surface area contributed by atoms with Gasteiger partial charge in [0.2, 0.25) is 5.91 Å². The van der Waals surface area contributed by atoms with Crippen LogP contribution in [-0.4, -0.2) is 43.4 Å². The van der Waals surface area contributed by atoms with Crippen molar-refractivity contribution in [1.82, 2.24) is 10.6 Å². The molecule has 0 fully saturated rings. The molecule has 1 unspecified atom stereocenters. The van der Waals surface area contributed by atoms with Gasteiger partial charge in [-0.3, -0.25) is 4.79 Å². The fourth-order valence-electron chi connectivity index (χ4n) is 2.08. The summed E-state index contributed by atoms with van der Waals surface area (Å²) in [7, 11) is 0. The molecule has 1 aromatic carbocycles. The Morgan fingerprint density at radius 1 is 1.29 bits per heavy atom. The van der Waals surface area contributed by atoms with Gasteiger partial charge in [-0.15, -0.1) is 0 Å². The van der Waals surface area contributed by atoms with Gasteiger partial charge in [0.05, 0.1) is 12.6 Å². The van der Waals surface area contributed by atoms with Crippen LogP contribution in [0.1, 0.15) is 25.5 Å². The molecule has 2 rings (SSSR count). The average Bonchev–Trinajstić information content (AvgIpc) is 2.45. The first-order valence-electron chi connectivity index (χ1n) is 7.14. The molecule has 0 saturated carbocycles. The summed E-state index contributed by atoms with van der Waals surface area (Å²) in [6.07, 6.45) is -0.701. The third-order valence-corrected chi connectivity index (χ3v) is 3.02. The summed E-state index contributed by atoms with van der Waals surface area (Å²) in [6.45, 7) is 5.34. The molecular formula is C15H22N2O4. The predicted molar refractivity (Wildman–Crippen MR) is 78.5 cm³/mol. The van der Waals surface area contributed by atoms with Crippen molar-refractivity contribution >= 4 is 5.91 Å². The van der Waals surface area contributed by atoms with Gasteiger partial charge in [-0.25, -0.2) is 0 Å². The molecule has 3 N–H and O–H groups in total. The van der Waals surface area contributed by atoms with Crippen LogP contribution in [0.4, 0.5) is 0 Å². The first kappa shape index (κ1) is 15.6. The number of carbonyl (C=O) groups is 1. The van der Waals surface area contributed by atoms with Crippen LogP contribution in [0.25, 0.3) is 0 Å². The second kappa shape index (κ2) is 7.28. The van der Waals surface area contributed by atoms with E-state index in [2.05, 4.69) is 10.6 Å². The lowest BCUT2D eigenvalue weighted by Gasteiger charge is -2.20. The fourth-order valence-corrected chi connectivity index (χ4v) is 2.08. The molecule has 21 heavy (non-hydrogen) atoms. The van der Waals surface area contributed by atoms with Gasteiger partial charge in [-0.1, -0.05) is 6.07 Å². The smallest absolute Gasteiger partial charge is 0.234 e. The van der Waals surface area contributed by atoms with Gasteiger partial charge in [-0.2, -0.15) is 0 Å². The number of aliphatic hydroxyl groups excluding tert-OH is 1. The van der Waals surface area contributed by atoms with Crippen molar-refractivity contribution in [2.24, 2.45) is 0 Å². The Bertz CT molecular complexity index is 491. The summed E-state index contributed by atoms with van der Waals surface area (Å²) in [5.74, 6) is 1.26. The maximum Gasteiger partial charge on any atom is 0.234 e. The number of carbonyl (C=O) groups excluding carboxylic acids is 1. The predicted octanol–water partition coefficient (Wildman–Crippen LogP) is 0.605. The Kier molecular flexibility index (Phi) is 5.41. The summed E-state index contributed by atoms with van der Waals surface area (Å²) in [5.41, 5.74) is 0.732. The highest BCUT2D eigenvalue weighted by Gasteiger charge is 2.15. The lowest BCUT2D eigenvalue weighted by atomic mass is 10.1. The quantitative estimate of drug-likeness (QED) is 0.716. The van der Waals surface area contributed by atoms with Crippen molar-refractivity contribution in [3.05, 3.63) is 23.8 Å². The first-order chi connectivity index (χ1) is 10.1. The van der Waals surface area contributed by atoms with Crippen molar-refractivity contribution in [3.8, 4) is 11.5 Å². The zero-order chi connectivity index (χ0) is 15.2. The van der Waals surface area contributed by atoms with Crippen LogP contribution < -0.4 is 20.1 Å². The van der Waals surface area contributed by atoms with Gasteiger partial charge in [0.1, 0.15) is 13.2 Å². The van der Waals surface area contributed by atoms with Gasteiger partial charge in [0.15, 0.2) is 11.5 Å². The van der Waals surface area contributed by atoms with Gasteiger partial charge < -0.3 is 25.2 Å². The molecule has 1 aliphatic rings. The third-order valence-electron chi connectivity index (χ3n) is 3.02. The summed E-state index contributed by atoms with van der Waals surface area (Å²) < 4.78 is 10.9. The van der Waals surface area contributed by atoms with Crippen molar-refractivity contribution in [2.45, 2.75) is 26.0 Å². The minimum absolute atomic E-state index is 0.0839. The van der Waals surface area contributed by atoms with Crippen molar-refractivity contribution < 1.29 is 19.4 Å². The molecule has 1 amide bonds. The molecule has 6 nitrogen and oxygen atoms in total. The number of hydrogen-bond acceptors (Lipinski definition) is 5. The third kappa shape index (κ3) is 4.61. The van der Waals surface area contributed by atoms with Crippen LogP contribution in [0, 0.1) is 0 Å². The van der Waals surface area contributed by atoms with Crippen LogP contribution >= 0.6 is 0 Å². The SMILES string of the molecule is CC(C)NC(=O)CNCC(O)c1ccc2c(c1)OCCO2. The van der Waals surface area contributed by atoms with Crippen LogP contribution in [0.15, 0.2) is 18.2 Å². The molecule has 0 saturated heterocycles. The molecule has 116 valence electrons. The summed E-state index contributed by atoms with van der Waals surface area (Å²) in [4.78, 5) is 11.5. The van der Waals surface area contributed by atoms with E-state index in [4.69, 9.17) is 9.47 Å². The van der Waals surface area contributed by atoms with E-state index >= 15 is 0 Å². The van der Waals surface area contributed by atoms with Crippen LogP contribution in [0.5, 0.6) is 11.5 Å². The standard InChI is InChI=1S/C15H22N2O4/c1-10(2)17-15(19)9-16-8-12(18)11-3-4-13-14(7-11)21-6-5-20-13/h3-4,7,10,12,16,18H,5-6,8-9H2,1-2H3,(H,17,19). The molecule has 1 aromatic rings. The van der Waals surface area contributed by atoms with Crippen molar-refractivity contribution in [2.75, 3.05) is 26.3 Å². The van der Waals surface area contributed by atoms with Gasteiger partial charge in [0, 0.05) is 12.6 Å². The van der Waals surface area contributed by atoms with Crippen LogP contribution in [-0.2, 0) is 4.79 Å². The highest BCUT2D eigenvalue weighted by atomic mass is 16.6. The van der Waals surface area contributed by atoms with E-state index in [1.54, 1.807) is 18.2 Å². The van der Waals surface area contributed by atoms with E-state index in [0.717, 1.165) is 5.56 Å². The average molecular weight is 294 g/mol. The van der Waals surface area contributed by atoms with Crippen molar-refractivity contribution in [3.63, 3.8) is 0 Å².